The minimum absolute atomic E-state index is 0.206. The van der Waals surface area contributed by atoms with Gasteiger partial charge in [0.2, 0.25) is 5.82 Å². The van der Waals surface area contributed by atoms with Crippen LogP contribution in [0.15, 0.2) is 36.2 Å². The number of hydrogen-bond acceptors (Lipinski definition) is 2. The monoisotopic (exact) mass is 670 g/mol. The molecule has 18 heteroatoms. The van der Waals surface area contributed by atoms with Crippen LogP contribution in [0.25, 0.3) is 17.0 Å². The zero-order valence-corrected chi connectivity index (χ0v) is 21.5. The van der Waals surface area contributed by atoms with E-state index in [-0.39, 0.29) is 6.07 Å². The minimum Gasteiger partial charge on any atom is -0.523 e. The highest BCUT2D eigenvalue weighted by Gasteiger charge is 2.57. The summed E-state index contributed by atoms with van der Waals surface area (Å²) in [7, 11) is -3.06. The van der Waals surface area contributed by atoms with E-state index in [1.165, 1.54) is 0 Å². The van der Waals surface area contributed by atoms with Crippen LogP contribution in [-0.2, 0) is 5.92 Å². The zero-order valence-electron chi connectivity index (χ0n) is 21.5. The van der Waals surface area contributed by atoms with Gasteiger partial charge in [0, 0.05) is 17.2 Å². The largest absolute Gasteiger partial charge is 0.610 e. The van der Waals surface area contributed by atoms with E-state index in [0.717, 1.165) is 0 Å². The molecule has 0 aromatic heterocycles. The maximum Gasteiger partial charge on any atom is 0.610 e. The number of benzene rings is 4. The van der Waals surface area contributed by atoms with Crippen molar-refractivity contribution in [2.75, 3.05) is 0 Å². The van der Waals surface area contributed by atoms with Gasteiger partial charge in [-0.05, 0) is 23.8 Å². The molecule has 0 saturated heterocycles. The summed E-state index contributed by atoms with van der Waals surface area (Å²) in [5.41, 5.74) is -11.5. The lowest BCUT2D eigenvalue weighted by Gasteiger charge is -2.25. The summed E-state index contributed by atoms with van der Waals surface area (Å²) in [5.74, 6) is -41.9. The van der Waals surface area contributed by atoms with Gasteiger partial charge in [-0.1, -0.05) is 6.07 Å². The maximum absolute atomic E-state index is 15.7. The molecular weight excluding hydrogens is 664 g/mol. The Balaban J connectivity index is 1.63. The molecule has 6 rings (SSSR count). The molecule has 0 fully saturated rings. The van der Waals surface area contributed by atoms with Crippen LogP contribution in [0.1, 0.15) is 28.1 Å². The first-order valence-electron chi connectivity index (χ1n) is 12.3. The normalized spacial score (nSPS) is 16.0. The molecule has 46 heavy (non-hydrogen) atoms. The molecule has 4 aromatic rings. The average Bonchev–Trinajstić information content (AvgIpc) is 3.41. The highest BCUT2D eigenvalue weighted by molar-refractivity contribution is 6.50. The Morgan fingerprint density at radius 1 is 0.543 bits per heavy atom. The van der Waals surface area contributed by atoms with Gasteiger partial charge in [-0.3, -0.25) is 0 Å². The molecule has 0 saturated carbocycles. The third-order valence-corrected chi connectivity index (χ3v) is 7.23. The first-order valence-corrected chi connectivity index (χ1v) is 12.3. The van der Waals surface area contributed by atoms with Gasteiger partial charge in [0.25, 0.3) is 0 Å². The van der Waals surface area contributed by atoms with Crippen LogP contribution in [-0.4, -0.2) is 7.12 Å². The van der Waals surface area contributed by atoms with E-state index in [9.17, 15) is 48.3 Å². The first kappa shape index (κ1) is 31.2. The predicted octanol–water partition coefficient (Wildman–Crippen LogP) is 9.23. The lowest BCUT2D eigenvalue weighted by molar-refractivity contribution is 0.0404. The Morgan fingerprint density at radius 3 is 1.76 bits per heavy atom. The Kier molecular flexibility index (Phi) is 7.05. The molecule has 2 aliphatic carbocycles. The van der Waals surface area contributed by atoms with Crippen molar-refractivity contribution in [1.29, 1.82) is 0 Å². The molecule has 0 amide bonds. The molecule has 0 N–H and O–H groups in total. The van der Waals surface area contributed by atoms with Gasteiger partial charge in [-0.25, -0.2) is 52.7 Å². The van der Waals surface area contributed by atoms with E-state index in [1.807, 2.05) is 0 Å². The zero-order chi connectivity index (χ0) is 33.7. The topological polar surface area (TPSA) is 18.5 Å². The molecule has 0 heterocycles. The molecule has 0 radical (unpaired) electrons. The van der Waals surface area contributed by atoms with E-state index in [1.54, 1.807) is 0 Å². The van der Waals surface area contributed by atoms with Gasteiger partial charge in [0.05, 0.1) is 16.7 Å². The second-order valence-electron chi connectivity index (χ2n) is 9.75. The molecule has 1 unspecified atom stereocenters. The van der Waals surface area contributed by atoms with E-state index >= 15 is 17.6 Å². The van der Waals surface area contributed by atoms with Crippen LogP contribution in [0.5, 0.6) is 11.5 Å². The molecule has 0 aliphatic heterocycles. The molecule has 2 aliphatic rings. The summed E-state index contributed by atoms with van der Waals surface area (Å²) in [6, 6.07) is 1.86. The van der Waals surface area contributed by atoms with E-state index in [0.29, 0.717) is 24.3 Å². The summed E-state index contributed by atoms with van der Waals surface area (Å²) >= 11 is 0. The molecule has 1 atom stereocenters. The second kappa shape index (κ2) is 10.4. The number of allylic oxidation sites excluding steroid dienone is 1. The van der Waals surface area contributed by atoms with Crippen molar-refractivity contribution in [3.05, 3.63) is 122 Å². The number of hydrogen-bond donors (Lipinski definition) is 0. The van der Waals surface area contributed by atoms with Crippen molar-refractivity contribution < 1.29 is 75.2 Å². The van der Waals surface area contributed by atoms with Gasteiger partial charge >= 0.3 is 13.0 Å². The van der Waals surface area contributed by atoms with Crippen molar-refractivity contribution in [3.8, 4) is 22.6 Å². The summed E-state index contributed by atoms with van der Waals surface area (Å²) in [6.07, 6.45) is 0. The standard InChI is InChI=1S/C28H6BF15O2/c30-6-1-3-8(31)10(5-6)45-29(16-7-2-4-9(32)17(33)11(7)18(34)22(16)38)46-27-15-13(20(36)24(40)26(27)42)12-14(28(15,43)44)21(37)25(41)23(39)19(12)35/h1-5,16H. The predicted molar refractivity (Wildman–Crippen MR) is 126 cm³/mol. The van der Waals surface area contributed by atoms with Crippen LogP contribution in [0, 0.1) is 64.0 Å². The van der Waals surface area contributed by atoms with Gasteiger partial charge < -0.3 is 9.31 Å². The smallest absolute Gasteiger partial charge is 0.523 e. The Bertz CT molecular complexity index is 2050. The van der Waals surface area contributed by atoms with E-state index in [2.05, 4.69) is 0 Å². The molecule has 238 valence electrons. The molecule has 2 nitrogen and oxygen atoms in total. The van der Waals surface area contributed by atoms with Crippen molar-refractivity contribution in [2.45, 2.75) is 11.7 Å². The number of halogens is 15. The van der Waals surface area contributed by atoms with Crippen molar-refractivity contribution in [3.63, 3.8) is 0 Å². The van der Waals surface area contributed by atoms with Crippen molar-refractivity contribution >= 4 is 12.9 Å². The average molecular weight is 670 g/mol. The van der Waals surface area contributed by atoms with Crippen molar-refractivity contribution in [1.82, 2.24) is 0 Å². The lowest BCUT2D eigenvalue weighted by Crippen LogP contribution is -2.39. The van der Waals surface area contributed by atoms with Crippen LogP contribution < -0.4 is 9.31 Å². The molecular formula is C28H6BF15O2. The molecule has 0 bridgehead atoms. The van der Waals surface area contributed by atoms with Gasteiger partial charge in [0.1, 0.15) is 23.2 Å². The highest BCUT2D eigenvalue weighted by Crippen LogP contribution is 2.59. The number of fused-ring (bicyclic) bond motifs is 4. The highest BCUT2D eigenvalue weighted by atomic mass is 19.3. The third kappa shape index (κ3) is 4.17. The van der Waals surface area contributed by atoms with Crippen LogP contribution >= 0.6 is 0 Å². The van der Waals surface area contributed by atoms with Gasteiger partial charge in [0.15, 0.2) is 63.9 Å². The quantitative estimate of drug-likeness (QED) is 0.0913. The summed E-state index contributed by atoms with van der Waals surface area (Å²) in [5, 5.41) is 0. The SMILES string of the molecule is FC1=C(F)C(B(Oc2cc(F)ccc2F)Oc2c(F)c(F)c(F)c3c2C(F)(F)c2c(F)c(F)c(F)c(F)c2-3)c2ccc(F)c(F)c21. The number of alkyl halides is 2. The summed E-state index contributed by atoms with van der Waals surface area (Å²) in [4.78, 5) is 0. The van der Waals surface area contributed by atoms with E-state index < -0.39 is 139 Å². The fraction of sp³-hybridized carbons (Fsp3) is 0.0714. The Morgan fingerprint density at radius 2 is 1.11 bits per heavy atom. The fourth-order valence-corrected chi connectivity index (χ4v) is 5.25. The first-order chi connectivity index (χ1) is 21.5. The Hall–Kier alpha value is -4.77. The van der Waals surface area contributed by atoms with Crippen LogP contribution in [0.3, 0.4) is 0 Å². The summed E-state index contributed by atoms with van der Waals surface area (Å²) < 4.78 is 231. The van der Waals surface area contributed by atoms with Crippen LogP contribution in [0.2, 0.25) is 0 Å². The maximum atomic E-state index is 15.7. The van der Waals surface area contributed by atoms with Crippen LogP contribution in [0.4, 0.5) is 65.9 Å². The van der Waals surface area contributed by atoms with Gasteiger partial charge in [-0.2, -0.15) is 13.2 Å². The lowest BCUT2D eigenvalue weighted by atomic mass is 9.68. The number of rotatable bonds is 5. The minimum atomic E-state index is -5.31. The Labute approximate surface area is 245 Å². The second-order valence-corrected chi connectivity index (χ2v) is 9.75. The summed E-state index contributed by atoms with van der Waals surface area (Å²) in [6.45, 7) is 0. The molecule has 0 spiro atoms. The van der Waals surface area contributed by atoms with E-state index in [4.69, 9.17) is 9.31 Å². The van der Waals surface area contributed by atoms with Gasteiger partial charge in [-0.15, -0.1) is 0 Å². The third-order valence-electron chi connectivity index (χ3n) is 7.23. The molecule has 4 aromatic carbocycles. The fourth-order valence-electron chi connectivity index (χ4n) is 5.25. The van der Waals surface area contributed by atoms with Crippen molar-refractivity contribution in [2.24, 2.45) is 0 Å².